The lowest BCUT2D eigenvalue weighted by molar-refractivity contribution is 0.242. The largest absolute Gasteiger partial charge is 0.341 e. The van der Waals surface area contributed by atoms with Crippen LogP contribution < -0.4 is 22.1 Å². The highest BCUT2D eigenvalue weighted by Gasteiger charge is 1.95. The summed E-state index contributed by atoms with van der Waals surface area (Å²) in [6.45, 7) is 2.34. The minimum Gasteiger partial charge on any atom is -0.341 e. The quantitative estimate of drug-likeness (QED) is 0.412. The van der Waals surface area contributed by atoms with Gasteiger partial charge in [-0.15, -0.1) is 0 Å². The third-order valence-corrected chi connectivity index (χ3v) is 0.812. The van der Waals surface area contributed by atoms with E-state index in [9.17, 15) is 4.79 Å². The van der Waals surface area contributed by atoms with Crippen molar-refractivity contribution in [3.8, 4) is 0 Å². The fourth-order valence-electron chi connectivity index (χ4n) is 0.342. The van der Waals surface area contributed by atoms with Crippen LogP contribution >= 0.6 is 0 Å². The molecule has 0 fully saturated rings. The van der Waals surface area contributed by atoms with Crippen molar-refractivity contribution < 1.29 is 4.79 Å². The number of rotatable bonds is 2. The SMILES string of the molecule is CN.CNC(=O)NC[C@H](C)N. The first-order valence-corrected chi connectivity index (χ1v) is 3.45. The molecule has 6 N–H and O–H groups in total. The molecule has 0 aliphatic carbocycles. The fraction of sp³-hybridized carbons (Fsp3) is 0.833. The molecule has 2 amide bonds. The molecule has 0 aliphatic heterocycles. The highest BCUT2D eigenvalue weighted by atomic mass is 16.2. The van der Waals surface area contributed by atoms with Gasteiger partial charge in [-0.05, 0) is 14.0 Å². The molecule has 0 aliphatic rings. The smallest absolute Gasteiger partial charge is 0.314 e. The van der Waals surface area contributed by atoms with Gasteiger partial charge in [0, 0.05) is 19.6 Å². The van der Waals surface area contributed by atoms with E-state index in [0.29, 0.717) is 6.54 Å². The van der Waals surface area contributed by atoms with Crippen molar-refractivity contribution in [3.63, 3.8) is 0 Å². The van der Waals surface area contributed by atoms with Crippen molar-refractivity contribution in [1.82, 2.24) is 10.6 Å². The second-order valence-electron chi connectivity index (χ2n) is 1.94. The summed E-state index contributed by atoms with van der Waals surface area (Å²) in [5.41, 5.74) is 9.85. The van der Waals surface area contributed by atoms with Crippen molar-refractivity contribution in [1.29, 1.82) is 0 Å². The standard InChI is InChI=1S/C5H13N3O.CH5N/c1-4(6)3-8-5(9)7-2;1-2/h4H,3,6H2,1-2H3,(H2,7,8,9);2H2,1H3/t4-;/m0./s1. The van der Waals surface area contributed by atoms with E-state index in [4.69, 9.17) is 5.73 Å². The maximum absolute atomic E-state index is 10.4. The molecule has 11 heavy (non-hydrogen) atoms. The number of hydrogen-bond acceptors (Lipinski definition) is 3. The molecule has 0 spiro atoms. The van der Waals surface area contributed by atoms with E-state index in [1.165, 1.54) is 7.05 Å². The summed E-state index contributed by atoms with van der Waals surface area (Å²) in [7, 11) is 3.07. The molecule has 0 aromatic rings. The van der Waals surface area contributed by atoms with E-state index in [-0.39, 0.29) is 12.1 Å². The molecular weight excluding hydrogens is 144 g/mol. The molecule has 5 nitrogen and oxygen atoms in total. The van der Waals surface area contributed by atoms with Gasteiger partial charge in [-0.25, -0.2) is 4.79 Å². The predicted molar refractivity (Wildman–Crippen MR) is 46.2 cm³/mol. The van der Waals surface area contributed by atoms with Crippen LogP contribution in [-0.2, 0) is 0 Å². The van der Waals surface area contributed by atoms with Crippen LogP contribution in [0.5, 0.6) is 0 Å². The van der Waals surface area contributed by atoms with Crippen LogP contribution in [0.3, 0.4) is 0 Å². The molecule has 5 heteroatoms. The highest BCUT2D eigenvalue weighted by Crippen LogP contribution is 1.68. The van der Waals surface area contributed by atoms with Crippen molar-refractivity contribution in [2.75, 3.05) is 20.6 Å². The lowest BCUT2D eigenvalue weighted by Crippen LogP contribution is -2.39. The van der Waals surface area contributed by atoms with Gasteiger partial charge in [-0.3, -0.25) is 0 Å². The van der Waals surface area contributed by atoms with Crippen LogP contribution in [0.25, 0.3) is 0 Å². The third-order valence-electron chi connectivity index (χ3n) is 0.812. The van der Waals surface area contributed by atoms with Crippen molar-refractivity contribution >= 4 is 6.03 Å². The summed E-state index contributed by atoms with van der Waals surface area (Å²) in [5.74, 6) is 0. The predicted octanol–water partition coefficient (Wildman–Crippen LogP) is -1.16. The first kappa shape index (κ1) is 12.8. The van der Waals surface area contributed by atoms with Gasteiger partial charge in [-0.1, -0.05) is 0 Å². The van der Waals surface area contributed by atoms with Crippen molar-refractivity contribution in [2.24, 2.45) is 11.5 Å². The summed E-state index contributed by atoms with van der Waals surface area (Å²) < 4.78 is 0. The second-order valence-corrected chi connectivity index (χ2v) is 1.94. The maximum atomic E-state index is 10.4. The van der Waals surface area contributed by atoms with E-state index >= 15 is 0 Å². The molecule has 0 aromatic carbocycles. The van der Waals surface area contributed by atoms with Crippen LogP contribution in [0, 0.1) is 0 Å². The summed E-state index contributed by atoms with van der Waals surface area (Å²) in [5, 5.41) is 4.97. The van der Waals surface area contributed by atoms with Crippen LogP contribution in [0.15, 0.2) is 0 Å². The fourth-order valence-corrected chi connectivity index (χ4v) is 0.342. The Hall–Kier alpha value is -0.810. The Labute approximate surface area is 67.5 Å². The van der Waals surface area contributed by atoms with Crippen LogP contribution in [-0.4, -0.2) is 32.7 Å². The number of hydrogen-bond donors (Lipinski definition) is 4. The average Bonchev–Trinajstić information content (AvgIpc) is 2.04. The normalized spacial score (nSPS) is 10.6. The van der Waals surface area contributed by atoms with Crippen molar-refractivity contribution in [2.45, 2.75) is 13.0 Å². The average molecular weight is 162 g/mol. The molecule has 0 aromatic heterocycles. The first-order valence-electron chi connectivity index (χ1n) is 3.45. The Bertz CT molecular complexity index is 94.6. The zero-order chi connectivity index (χ0) is 9.28. The number of carbonyl (C=O) groups excluding carboxylic acids is 1. The Kier molecular flexibility index (Phi) is 10.7. The molecule has 0 heterocycles. The van der Waals surface area contributed by atoms with Gasteiger partial charge < -0.3 is 22.1 Å². The number of nitrogens with two attached hydrogens (primary N) is 2. The molecule has 68 valence electrons. The van der Waals surface area contributed by atoms with Crippen molar-refractivity contribution in [3.05, 3.63) is 0 Å². The van der Waals surface area contributed by atoms with Gasteiger partial charge in [0.25, 0.3) is 0 Å². The van der Waals surface area contributed by atoms with Gasteiger partial charge >= 0.3 is 6.03 Å². The second kappa shape index (κ2) is 9.19. The van der Waals surface area contributed by atoms with E-state index in [1.807, 2.05) is 6.92 Å². The lowest BCUT2D eigenvalue weighted by Gasteiger charge is -2.05. The van der Waals surface area contributed by atoms with E-state index in [1.54, 1.807) is 7.05 Å². The lowest BCUT2D eigenvalue weighted by atomic mass is 10.4. The summed E-state index contributed by atoms with van der Waals surface area (Å²) in [6.07, 6.45) is 0. The minimum absolute atomic E-state index is 0.0160. The zero-order valence-corrected chi connectivity index (χ0v) is 7.35. The van der Waals surface area contributed by atoms with Gasteiger partial charge in [-0.2, -0.15) is 0 Å². The molecule has 0 unspecified atom stereocenters. The number of nitrogens with one attached hydrogen (secondary N) is 2. The Morgan fingerprint density at radius 3 is 2.27 bits per heavy atom. The Balaban J connectivity index is 0. The topological polar surface area (TPSA) is 93.2 Å². The number of carbonyl (C=O) groups is 1. The van der Waals surface area contributed by atoms with E-state index in [2.05, 4.69) is 16.4 Å². The molecule has 1 atom stereocenters. The monoisotopic (exact) mass is 162 g/mol. The summed E-state index contributed by atoms with van der Waals surface area (Å²) in [6, 6.07) is -0.172. The maximum Gasteiger partial charge on any atom is 0.314 e. The van der Waals surface area contributed by atoms with E-state index < -0.39 is 0 Å². The third kappa shape index (κ3) is 12.4. The molecular formula is C6H18N4O. The van der Waals surface area contributed by atoms with E-state index in [0.717, 1.165) is 0 Å². The zero-order valence-electron chi connectivity index (χ0n) is 7.35. The van der Waals surface area contributed by atoms with Crippen LogP contribution in [0.4, 0.5) is 4.79 Å². The van der Waals surface area contributed by atoms with Crippen LogP contribution in [0.1, 0.15) is 6.92 Å². The molecule has 0 radical (unpaired) electrons. The number of urea groups is 1. The van der Waals surface area contributed by atoms with Gasteiger partial charge in [0.2, 0.25) is 0 Å². The first-order chi connectivity index (χ1) is 5.16. The molecule has 0 saturated carbocycles. The minimum atomic E-state index is -0.188. The highest BCUT2D eigenvalue weighted by molar-refractivity contribution is 5.73. The Morgan fingerprint density at radius 2 is 2.00 bits per heavy atom. The summed E-state index contributed by atoms with van der Waals surface area (Å²) in [4.78, 5) is 10.4. The van der Waals surface area contributed by atoms with Crippen LogP contribution in [0.2, 0.25) is 0 Å². The van der Waals surface area contributed by atoms with Gasteiger partial charge in [0.05, 0.1) is 0 Å². The van der Waals surface area contributed by atoms with Gasteiger partial charge in [0.1, 0.15) is 0 Å². The summed E-state index contributed by atoms with van der Waals surface area (Å²) >= 11 is 0. The molecule has 0 saturated heterocycles. The molecule has 0 rings (SSSR count). The molecule has 0 bridgehead atoms. The Morgan fingerprint density at radius 1 is 1.55 bits per heavy atom. The van der Waals surface area contributed by atoms with Gasteiger partial charge in [0.15, 0.2) is 0 Å². The number of amides is 2.